The normalized spacial score (nSPS) is 19.2. The minimum atomic E-state index is -4.59. The largest absolute Gasteiger partial charge is 0.442 e. The van der Waals surface area contributed by atoms with E-state index in [1.54, 1.807) is 0 Å². The lowest BCUT2D eigenvalue weighted by Crippen LogP contribution is -2.45. The van der Waals surface area contributed by atoms with Crippen molar-refractivity contribution in [2.24, 2.45) is 0 Å². The third-order valence-electron chi connectivity index (χ3n) is 4.63. The van der Waals surface area contributed by atoms with Gasteiger partial charge in [0.15, 0.2) is 5.76 Å². The zero-order valence-electron chi connectivity index (χ0n) is 14.9. The monoisotopic (exact) mass is 422 g/mol. The van der Waals surface area contributed by atoms with Crippen molar-refractivity contribution in [3.63, 3.8) is 0 Å². The molecule has 156 valence electrons. The molecule has 2 aromatic heterocycles. The molecule has 0 amide bonds. The maximum absolute atomic E-state index is 12.6. The number of likely N-dealkylation sites (tertiary alicyclic amines) is 1. The average Bonchev–Trinajstić information content (AvgIpc) is 3.31. The van der Waals surface area contributed by atoms with E-state index in [4.69, 9.17) is 4.42 Å². The van der Waals surface area contributed by atoms with Crippen LogP contribution < -0.4 is 4.72 Å². The number of hydrogen-bond donors (Lipinski definition) is 3. The van der Waals surface area contributed by atoms with E-state index < -0.39 is 27.0 Å². The SMILES string of the molecule is O=S(=O)(NCCN1CCCC[C@H]1CO)c1ccc(-c2cc(C(F)(F)F)[nH]n2)o1. The number of aliphatic hydroxyl groups excluding tert-OH is 1. The van der Waals surface area contributed by atoms with Gasteiger partial charge in [-0.15, -0.1) is 0 Å². The van der Waals surface area contributed by atoms with E-state index in [2.05, 4.69) is 9.82 Å². The van der Waals surface area contributed by atoms with Gasteiger partial charge < -0.3 is 9.52 Å². The van der Waals surface area contributed by atoms with E-state index in [9.17, 15) is 26.7 Å². The van der Waals surface area contributed by atoms with Crippen LogP contribution in [-0.4, -0.2) is 60.9 Å². The van der Waals surface area contributed by atoms with E-state index >= 15 is 0 Å². The van der Waals surface area contributed by atoms with Gasteiger partial charge in [0.1, 0.15) is 11.4 Å². The first-order valence-electron chi connectivity index (χ1n) is 8.78. The lowest BCUT2D eigenvalue weighted by molar-refractivity contribution is -0.141. The molecule has 28 heavy (non-hydrogen) atoms. The van der Waals surface area contributed by atoms with Gasteiger partial charge in [-0.3, -0.25) is 10.00 Å². The van der Waals surface area contributed by atoms with Crippen LogP contribution in [0, 0.1) is 0 Å². The summed E-state index contributed by atoms with van der Waals surface area (Å²) in [6.07, 6.45) is -1.69. The summed E-state index contributed by atoms with van der Waals surface area (Å²) in [4.78, 5) is 2.03. The lowest BCUT2D eigenvalue weighted by Gasteiger charge is -2.34. The Morgan fingerprint density at radius 2 is 2.14 bits per heavy atom. The number of sulfonamides is 1. The predicted octanol–water partition coefficient (Wildman–Crippen LogP) is 1.81. The van der Waals surface area contributed by atoms with Crippen molar-refractivity contribution in [3.05, 3.63) is 23.9 Å². The zero-order valence-corrected chi connectivity index (χ0v) is 15.7. The Bertz CT molecular complexity index is 894. The molecule has 2 aromatic rings. The van der Waals surface area contributed by atoms with Crippen LogP contribution in [-0.2, 0) is 16.2 Å². The molecular weight excluding hydrogens is 401 g/mol. The summed E-state index contributed by atoms with van der Waals surface area (Å²) in [7, 11) is -3.96. The second-order valence-corrected chi connectivity index (χ2v) is 8.25. The molecule has 1 fully saturated rings. The molecule has 1 aliphatic heterocycles. The summed E-state index contributed by atoms with van der Waals surface area (Å²) >= 11 is 0. The Balaban J connectivity index is 1.62. The van der Waals surface area contributed by atoms with Crippen LogP contribution in [0.3, 0.4) is 0 Å². The first-order chi connectivity index (χ1) is 13.2. The summed E-state index contributed by atoms with van der Waals surface area (Å²) in [6, 6.07) is 3.18. The summed E-state index contributed by atoms with van der Waals surface area (Å²) in [5.41, 5.74) is -1.20. The van der Waals surface area contributed by atoms with Gasteiger partial charge in [0.25, 0.3) is 10.0 Å². The van der Waals surface area contributed by atoms with Gasteiger partial charge in [-0.05, 0) is 37.6 Å². The number of nitrogens with one attached hydrogen (secondary N) is 2. The second kappa shape index (κ2) is 8.23. The van der Waals surface area contributed by atoms with Gasteiger partial charge in [0.05, 0.1) is 6.61 Å². The number of alkyl halides is 3. The van der Waals surface area contributed by atoms with Crippen LogP contribution in [0.2, 0.25) is 0 Å². The molecule has 0 saturated carbocycles. The summed E-state index contributed by atoms with van der Waals surface area (Å²) in [6.45, 7) is 1.37. The molecule has 1 saturated heterocycles. The number of halogens is 3. The molecule has 0 aromatic carbocycles. The van der Waals surface area contributed by atoms with Crippen LogP contribution in [0.1, 0.15) is 25.0 Å². The minimum absolute atomic E-state index is 0.0240. The Kier molecular flexibility index (Phi) is 6.12. The maximum atomic E-state index is 12.6. The number of nitrogens with zero attached hydrogens (tertiary/aromatic N) is 2. The first-order valence-corrected chi connectivity index (χ1v) is 10.3. The van der Waals surface area contributed by atoms with E-state index in [0.717, 1.165) is 37.9 Å². The fourth-order valence-electron chi connectivity index (χ4n) is 3.15. The smallest absolute Gasteiger partial charge is 0.432 e. The molecule has 1 aliphatic rings. The zero-order chi connectivity index (χ0) is 20.4. The highest BCUT2D eigenvalue weighted by atomic mass is 32.2. The predicted molar refractivity (Wildman–Crippen MR) is 92.8 cm³/mol. The highest BCUT2D eigenvalue weighted by Gasteiger charge is 2.33. The Morgan fingerprint density at radius 3 is 2.82 bits per heavy atom. The maximum Gasteiger partial charge on any atom is 0.432 e. The Hall–Kier alpha value is -1.89. The summed E-state index contributed by atoms with van der Waals surface area (Å²) in [5.74, 6) is -0.0940. The van der Waals surface area contributed by atoms with E-state index in [1.807, 2.05) is 10.00 Å². The topological polar surface area (TPSA) is 111 Å². The standard InChI is InChI=1S/C16H21F3N4O4S/c17-16(18,19)14-9-12(21-22-14)13-4-5-15(27-13)28(25,26)20-6-8-23-7-2-1-3-11(23)10-24/h4-5,9,11,20,24H,1-3,6-8,10H2,(H,21,22)/t11-/m0/s1. The Morgan fingerprint density at radius 1 is 1.36 bits per heavy atom. The van der Waals surface area contributed by atoms with Crippen molar-refractivity contribution in [1.82, 2.24) is 19.8 Å². The number of furan rings is 1. The molecule has 3 rings (SSSR count). The highest BCUT2D eigenvalue weighted by molar-refractivity contribution is 7.89. The average molecular weight is 422 g/mol. The van der Waals surface area contributed by atoms with Crippen molar-refractivity contribution in [2.75, 3.05) is 26.2 Å². The molecule has 0 spiro atoms. The van der Waals surface area contributed by atoms with Crippen LogP contribution in [0.15, 0.2) is 27.7 Å². The molecular formula is C16H21F3N4O4S. The molecule has 8 nitrogen and oxygen atoms in total. The molecule has 3 N–H and O–H groups in total. The van der Waals surface area contributed by atoms with Gasteiger partial charge in [-0.1, -0.05) is 6.42 Å². The van der Waals surface area contributed by atoms with Gasteiger partial charge in [-0.2, -0.15) is 18.3 Å². The van der Waals surface area contributed by atoms with Gasteiger partial charge in [0, 0.05) is 19.1 Å². The fraction of sp³-hybridized carbons (Fsp3) is 0.562. The molecule has 0 unspecified atom stereocenters. The van der Waals surface area contributed by atoms with Gasteiger partial charge in [0.2, 0.25) is 5.09 Å². The third kappa shape index (κ3) is 4.74. The van der Waals surface area contributed by atoms with Crippen molar-refractivity contribution in [3.8, 4) is 11.5 Å². The van der Waals surface area contributed by atoms with Crippen LogP contribution in [0.5, 0.6) is 0 Å². The molecule has 0 radical (unpaired) electrons. The number of H-pyrrole nitrogens is 1. The quantitative estimate of drug-likeness (QED) is 0.628. The van der Waals surface area contributed by atoms with Crippen LogP contribution in [0.25, 0.3) is 11.5 Å². The summed E-state index contributed by atoms with van der Waals surface area (Å²) in [5, 5.41) is 14.3. The van der Waals surface area contributed by atoms with Crippen molar-refractivity contribution in [2.45, 2.75) is 36.6 Å². The fourth-order valence-corrected chi connectivity index (χ4v) is 4.10. The third-order valence-corrected chi connectivity index (χ3v) is 5.97. The molecule has 0 aliphatic carbocycles. The highest BCUT2D eigenvalue weighted by Crippen LogP contribution is 2.31. The minimum Gasteiger partial charge on any atom is -0.442 e. The van der Waals surface area contributed by atoms with E-state index in [0.29, 0.717) is 6.54 Å². The van der Waals surface area contributed by atoms with Crippen molar-refractivity contribution in [1.29, 1.82) is 0 Å². The molecule has 12 heteroatoms. The number of aromatic nitrogens is 2. The Labute approximate surface area is 159 Å². The molecule has 3 heterocycles. The van der Waals surface area contributed by atoms with E-state index in [1.165, 1.54) is 6.07 Å². The second-order valence-electron chi connectivity index (χ2n) is 6.55. The van der Waals surface area contributed by atoms with Crippen molar-refractivity contribution < 1.29 is 31.1 Å². The number of piperidine rings is 1. The number of rotatable bonds is 7. The molecule has 1 atom stereocenters. The lowest BCUT2D eigenvalue weighted by atomic mass is 10.0. The van der Waals surface area contributed by atoms with Crippen LogP contribution >= 0.6 is 0 Å². The first kappa shape index (κ1) is 20.8. The number of aromatic amines is 1. The number of aliphatic hydroxyl groups is 1. The summed E-state index contributed by atoms with van der Waals surface area (Å²) < 4.78 is 70.2. The van der Waals surface area contributed by atoms with Gasteiger partial charge in [-0.25, -0.2) is 13.1 Å². The van der Waals surface area contributed by atoms with Crippen molar-refractivity contribution >= 4 is 10.0 Å². The molecule has 0 bridgehead atoms. The number of hydrogen-bond acceptors (Lipinski definition) is 6. The van der Waals surface area contributed by atoms with Gasteiger partial charge >= 0.3 is 6.18 Å². The van der Waals surface area contributed by atoms with Crippen LogP contribution in [0.4, 0.5) is 13.2 Å². The van der Waals surface area contributed by atoms with E-state index in [-0.39, 0.29) is 30.6 Å².